The molecule has 0 unspecified atom stereocenters. The molecule has 0 fully saturated rings. The maximum atomic E-state index is 12.0. The van der Waals surface area contributed by atoms with Crippen LogP contribution >= 0.6 is 0 Å². The lowest BCUT2D eigenvalue weighted by atomic mass is 10.4. The topological polar surface area (TPSA) is 34.1 Å². The summed E-state index contributed by atoms with van der Waals surface area (Å²) in [5.74, 6) is 0. The molecule has 0 saturated carbocycles. The van der Waals surface area contributed by atoms with Crippen LogP contribution < -0.4 is 0 Å². The molecule has 0 N–H and O–H groups in total. The molecule has 2 nitrogen and oxygen atoms in total. The zero-order chi connectivity index (χ0) is 10.7. The fraction of sp³-hybridized carbons (Fsp3) is 0. The van der Waals surface area contributed by atoms with E-state index in [9.17, 15) is 8.42 Å². The Morgan fingerprint density at radius 3 is 2.13 bits per heavy atom. The first-order valence-electron chi connectivity index (χ1n) is 4.47. The second-order valence-electron chi connectivity index (χ2n) is 3.06. The van der Waals surface area contributed by atoms with Crippen molar-refractivity contribution in [3.63, 3.8) is 0 Å². The van der Waals surface area contributed by atoms with E-state index in [0.29, 0.717) is 4.90 Å². The highest BCUT2D eigenvalue weighted by Crippen LogP contribution is 2.19. The minimum atomic E-state index is -3.37. The van der Waals surface area contributed by atoms with Crippen molar-refractivity contribution in [1.29, 1.82) is 0 Å². The van der Waals surface area contributed by atoms with Crippen molar-refractivity contribution in [3.8, 4) is 0 Å². The number of benzene rings is 2. The minimum absolute atomic E-state index is 0.274. The molecule has 15 heavy (non-hydrogen) atoms. The molecule has 0 aliphatic carbocycles. The Morgan fingerprint density at radius 2 is 1.53 bits per heavy atom. The van der Waals surface area contributed by atoms with E-state index in [-0.39, 0.29) is 4.90 Å². The zero-order valence-electron chi connectivity index (χ0n) is 7.92. The summed E-state index contributed by atoms with van der Waals surface area (Å²) in [6.07, 6.45) is 0. The largest absolute Gasteiger partial charge is 0.219 e. The van der Waals surface area contributed by atoms with Gasteiger partial charge in [-0.15, -0.1) is 0 Å². The van der Waals surface area contributed by atoms with Gasteiger partial charge in [0.05, 0.1) is 9.79 Å². The lowest BCUT2D eigenvalue weighted by Gasteiger charge is -2.02. The molecule has 0 aromatic heterocycles. The van der Waals surface area contributed by atoms with Crippen molar-refractivity contribution in [2.24, 2.45) is 0 Å². The van der Waals surface area contributed by atoms with E-state index in [2.05, 4.69) is 6.07 Å². The predicted molar refractivity (Wildman–Crippen MR) is 57.2 cm³/mol. The third-order valence-corrected chi connectivity index (χ3v) is 3.81. The van der Waals surface area contributed by atoms with Gasteiger partial charge in [0, 0.05) is 0 Å². The van der Waals surface area contributed by atoms with Crippen LogP contribution in [0.2, 0.25) is 0 Å². The molecule has 1 radical (unpaired) electrons. The molecule has 0 aliphatic rings. The molecule has 0 heterocycles. The number of hydrogen-bond donors (Lipinski definition) is 0. The summed E-state index contributed by atoms with van der Waals surface area (Å²) in [5.41, 5.74) is 0. The fourth-order valence-corrected chi connectivity index (χ4v) is 2.55. The number of hydrogen-bond acceptors (Lipinski definition) is 2. The average molecular weight is 217 g/mol. The van der Waals surface area contributed by atoms with Crippen LogP contribution in [-0.4, -0.2) is 8.42 Å². The maximum absolute atomic E-state index is 12.0. The second-order valence-corrected chi connectivity index (χ2v) is 5.01. The molecule has 2 rings (SSSR count). The van der Waals surface area contributed by atoms with Crippen LogP contribution in [0.1, 0.15) is 0 Å². The summed E-state index contributed by atoms with van der Waals surface area (Å²) in [4.78, 5) is 0.584. The van der Waals surface area contributed by atoms with Crippen LogP contribution in [0.5, 0.6) is 0 Å². The van der Waals surface area contributed by atoms with Crippen molar-refractivity contribution >= 4 is 9.84 Å². The smallest absolute Gasteiger partial charge is 0.206 e. The standard InChI is InChI=1S/C12H9O2S/c13-15(14,11-7-3-1-4-8-11)12-9-5-2-6-10-12/h1-5,7-10H. The molecule has 0 amide bonds. The van der Waals surface area contributed by atoms with Gasteiger partial charge < -0.3 is 0 Å². The van der Waals surface area contributed by atoms with Crippen LogP contribution in [0.25, 0.3) is 0 Å². The molecule has 0 saturated heterocycles. The Labute approximate surface area is 89.1 Å². The van der Waals surface area contributed by atoms with Crippen LogP contribution in [0.15, 0.2) is 64.4 Å². The van der Waals surface area contributed by atoms with Crippen LogP contribution in [0.4, 0.5) is 0 Å². The summed E-state index contributed by atoms with van der Waals surface area (Å²) >= 11 is 0. The van der Waals surface area contributed by atoms with E-state index < -0.39 is 9.84 Å². The van der Waals surface area contributed by atoms with Gasteiger partial charge in [0.1, 0.15) is 0 Å². The third-order valence-electron chi connectivity index (χ3n) is 2.04. The van der Waals surface area contributed by atoms with Gasteiger partial charge in [-0.2, -0.15) is 0 Å². The molecule has 0 aliphatic heterocycles. The molecular formula is C12H9O2S. The first kappa shape index (κ1) is 9.93. The van der Waals surface area contributed by atoms with Crippen molar-refractivity contribution in [3.05, 3.63) is 60.7 Å². The number of rotatable bonds is 2. The van der Waals surface area contributed by atoms with Crippen molar-refractivity contribution in [2.75, 3.05) is 0 Å². The summed E-state index contributed by atoms with van der Waals surface area (Å²) in [6, 6.07) is 17.5. The Hall–Kier alpha value is -1.61. The van der Waals surface area contributed by atoms with E-state index >= 15 is 0 Å². The quantitative estimate of drug-likeness (QED) is 0.773. The minimum Gasteiger partial charge on any atom is -0.219 e. The molecule has 2 aromatic rings. The lowest BCUT2D eigenvalue weighted by Crippen LogP contribution is -2.00. The normalized spacial score (nSPS) is 11.2. The summed E-state index contributed by atoms with van der Waals surface area (Å²) in [5, 5.41) is 0. The van der Waals surface area contributed by atoms with Gasteiger partial charge in [0.25, 0.3) is 0 Å². The van der Waals surface area contributed by atoms with Crippen molar-refractivity contribution in [1.82, 2.24) is 0 Å². The second kappa shape index (κ2) is 3.87. The summed E-state index contributed by atoms with van der Waals surface area (Å²) in [6.45, 7) is 0. The predicted octanol–water partition coefficient (Wildman–Crippen LogP) is 2.32. The van der Waals surface area contributed by atoms with Gasteiger partial charge in [-0.05, 0) is 30.3 Å². The molecular weight excluding hydrogens is 208 g/mol. The molecule has 0 atom stereocenters. The first-order valence-corrected chi connectivity index (χ1v) is 5.96. The highest BCUT2D eigenvalue weighted by Gasteiger charge is 2.15. The van der Waals surface area contributed by atoms with Gasteiger partial charge in [-0.25, -0.2) is 8.42 Å². The fourth-order valence-electron chi connectivity index (χ4n) is 1.28. The molecule has 0 bridgehead atoms. The monoisotopic (exact) mass is 217 g/mol. The first-order chi connectivity index (χ1) is 7.21. The zero-order valence-corrected chi connectivity index (χ0v) is 8.74. The van der Waals surface area contributed by atoms with Crippen LogP contribution in [0.3, 0.4) is 0 Å². The van der Waals surface area contributed by atoms with Crippen molar-refractivity contribution in [2.45, 2.75) is 9.79 Å². The van der Waals surface area contributed by atoms with Crippen LogP contribution in [-0.2, 0) is 9.84 Å². The van der Waals surface area contributed by atoms with Gasteiger partial charge in [0.15, 0.2) is 0 Å². The van der Waals surface area contributed by atoms with Crippen molar-refractivity contribution < 1.29 is 8.42 Å². The Morgan fingerprint density at radius 1 is 0.867 bits per heavy atom. The molecule has 3 heteroatoms. The van der Waals surface area contributed by atoms with E-state index in [1.165, 1.54) is 6.07 Å². The maximum Gasteiger partial charge on any atom is 0.206 e. The average Bonchev–Trinajstić information content (AvgIpc) is 2.31. The van der Waals surface area contributed by atoms with E-state index in [4.69, 9.17) is 0 Å². The van der Waals surface area contributed by atoms with E-state index in [0.717, 1.165) is 0 Å². The Bertz CT molecular complexity index is 485. The van der Waals surface area contributed by atoms with Gasteiger partial charge in [0.2, 0.25) is 9.84 Å². The molecule has 75 valence electrons. The SMILES string of the molecule is O=S(=O)(c1c[c]ccc1)c1ccccc1. The summed E-state index contributed by atoms with van der Waals surface area (Å²) < 4.78 is 24.0. The lowest BCUT2D eigenvalue weighted by molar-refractivity contribution is 0.596. The van der Waals surface area contributed by atoms with Gasteiger partial charge in [-0.3, -0.25) is 0 Å². The Kier molecular flexibility index (Phi) is 2.56. The molecule has 2 aromatic carbocycles. The third kappa shape index (κ3) is 1.92. The van der Waals surface area contributed by atoms with E-state index in [1.807, 2.05) is 0 Å². The van der Waals surface area contributed by atoms with Gasteiger partial charge in [-0.1, -0.05) is 30.3 Å². The number of sulfone groups is 1. The van der Waals surface area contributed by atoms with E-state index in [1.54, 1.807) is 48.5 Å². The highest BCUT2D eigenvalue weighted by atomic mass is 32.2. The summed E-state index contributed by atoms with van der Waals surface area (Å²) in [7, 11) is -3.37. The highest BCUT2D eigenvalue weighted by molar-refractivity contribution is 7.91. The van der Waals surface area contributed by atoms with Crippen LogP contribution in [0, 0.1) is 6.07 Å². The molecule has 0 spiro atoms. The Balaban J connectivity index is 2.55. The van der Waals surface area contributed by atoms with Gasteiger partial charge >= 0.3 is 0 Å².